The summed E-state index contributed by atoms with van der Waals surface area (Å²) in [5.41, 5.74) is 1.71. The van der Waals surface area contributed by atoms with Gasteiger partial charge in [-0.15, -0.1) is 0 Å². The van der Waals surface area contributed by atoms with Crippen LogP contribution in [0, 0.1) is 17.1 Å². The van der Waals surface area contributed by atoms with E-state index in [1.54, 1.807) is 24.4 Å². The van der Waals surface area contributed by atoms with Crippen molar-refractivity contribution >= 4 is 0 Å². The summed E-state index contributed by atoms with van der Waals surface area (Å²) < 4.78 is 17.9. The summed E-state index contributed by atoms with van der Waals surface area (Å²) in [4.78, 5) is 6.97. The molecule has 0 saturated heterocycles. The summed E-state index contributed by atoms with van der Waals surface area (Å²) in [6, 6.07) is 9.39. The van der Waals surface area contributed by atoms with Gasteiger partial charge in [0, 0.05) is 11.8 Å². The Hall–Kier alpha value is -2.94. The molecule has 3 aromatic rings. The fourth-order valence-electron chi connectivity index (χ4n) is 1.64. The van der Waals surface area contributed by atoms with Crippen molar-refractivity contribution in [2.75, 3.05) is 0 Å². The van der Waals surface area contributed by atoms with Crippen molar-refractivity contribution in [2.24, 2.45) is 0 Å². The van der Waals surface area contributed by atoms with Crippen molar-refractivity contribution in [3.8, 4) is 28.9 Å². The number of nitrogens with zero attached hydrogens (tertiary/aromatic N) is 3. The zero-order chi connectivity index (χ0) is 13.2. The van der Waals surface area contributed by atoms with E-state index in [2.05, 4.69) is 15.1 Å². The van der Waals surface area contributed by atoms with Crippen molar-refractivity contribution in [2.45, 2.75) is 0 Å². The van der Waals surface area contributed by atoms with Crippen LogP contribution in [-0.2, 0) is 0 Å². The molecule has 5 nitrogen and oxygen atoms in total. The van der Waals surface area contributed by atoms with E-state index < -0.39 is 0 Å². The van der Waals surface area contributed by atoms with Crippen LogP contribution in [-0.4, -0.2) is 15.1 Å². The maximum Gasteiger partial charge on any atom is 0.259 e. The predicted molar refractivity (Wildman–Crippen MR) is 64.2 cm³/mol. The van der Waals surface area contributed by atoms with Gasteiger partial charge in [0.25, 0.3) is 5.89 Å². The number of halogens is 1. The van der Waals surface area contributed by atoms with E-state index in [1.165, 1.54) is 12.1 Å². The monoisotopic (exact) mass is 254 g/mol. The minimum Gasteiger partial charge on any atom is -0.352 e. The number of H-pyrrole nitrogens is 1. The average molecular weight is 254 g/mol. The number of nitrogens with one attached hydrogen (secondary N) is 1. The second-order valence-electron chi connectivity index (χ2n) is 3.84. The second-order valence-corrected chi connectivity index (χ2v) is 3.84. The Morgan fingerprint density at radius 2 is 2.00 bits per heavy atom. The molecule has 0 atom stereocenters. The second kappa shape index (κ2) is 4.38. The summed E-state index contributed by atoms with van der Waals surface area (Å²) in [6.45, 7) is 0. The third kappa shape index (κ3) is 2.09. The van der Waals surface area contributed by atoms with Crippen LogP contribution in [0.5, 0.6) is 0 Å². The molecule has 1 N–H and O–H groups in total. The Balaban J connectivity index is 1.95. The fourth-order valence-corrected chi connectivity index (χ4v) is 1.64. The zero-order valence-corrected chi connectivity index (χ0v) is 9.59. The van der Waals surface area contributed by atoms with Gasteiger partial charge in [0.15, 0.2) is 0 Å². The quantitative estimate of drug-likeness (QED) is 0.762. The Morgan fingerprint density at radius 3 is 2.68 bits per heavy atom. The first-order chi connectivity index (χ1) is 9.26. The number of aromatic amines is 1. The molecule has 0 spiro atoms. The van der Waals surface area contributed by atoms with Gasteiger partial charge in [-0.2, -0.15) is 10.2 Å². The van der Waals surface area contributed by atoms with Gasteiger partial charge in [0.1, 0.15) is 17.6 Å². The topological polar surface area (TPSA) is 78.5 Å². The summed E-state index contributed by atoms with van der Waals surface area (Å²) in [5.74, 6) is 0.351. The van der Waals surface area contributed by atoms with Gasteiger partial charge in [0.05, 0.1) is 5.56 Å². The number of hydrogen-bond acceptors (Lipinski definition) is 4. The lowest BCUT2D eigenvalue weighted by atomic mass is 10.2. The number of hydrogen-bond donors (Lipinski definition) is 1. The Kier molecular flexibility index (Phi) is 2.58. The Labute approximate surface area is 107 Å². The maximum absolute atomic E-state index is 12.8. The molecule has 0 saturated carbocycles. The zero-order valence-electron chi connectivity index (χ0n) is 9.59. The molecule has 0 bridgehead atoms. The van der Waals surface area contributed by atoms with E-state index in [4.69, 9.17) is 9.78 Å². The normalized spacial score (nSPS) is 10.3. The molecule has 0 unspecified atom stereocenters. The first kappa shape index (κ1) is 11.2. The van der Waals surface area contributed by atoms with Crippen molar-refractivity contribution in [3.05, 3.63) is 48.0 Å². The molecule has 2 heterocycles. The lowest BCUT2D eigenvalue weighted by Crippen LogP contribution is -1.81. The van der Waals surface area contributed by atoms with Crippen LogP contribution in [0.1, 0.15) is 5.69 Å². The van der Waals surface area contributed by atoms with Gasteiger partial charge >= 0.3 is 0 Å². The molecule has 3 rings (SSSR count). The van der Waals surface area contributed by atoms with Gasteiger partial charge in [-0.1, -0.05) is 5.16 Å². The van der Waals surface area contributed by atoms with Gasteiger partial charge in [-0.3, -0.25) is 0 Å². The molecule has 0 aliphatic rings. The molecule has 0 fully saturated rings. The highest BCUT2D eigenvalue weighted by Gasteiger charge is 2.12. The lowest BCUT2D eigenvalue weighted by molar-refractivity contribution is 0.432. The average Bonchev–Trinajstić information content (AvgIpc) is 3.08. The molecule has 0 aliphatic heterocycles. The summed E-state index contributed by atoms with van der Waals surface area (Å²) in [7, 11) is 0. The molecule has 0 radical (unpaired) electrons. The number of aromatic nitrogens is 3. The third-order valence-corrected chi connectivity index (χ3v) is 2.58. The molecule has 6 heteroatoms. The van der Waals surface area contributed by atoms with Crippen molar-refractivity contribution < 1.29 is 8.91 Å². The lowest BCUT2D eigenvalue weighted by Gasteiger charge is -1.92. The minimum absolute atomic E-state index is 0.303. The van der Waals surface area contributed by atoms with E-state index >= 15 is 0 Å². The first-order valence-corrected chi connectivity index (χ1v) is 5.45. The number of rotatable bonds is 2. The van der Waals surface area contributed by atoms with E-state index in [-0.39, 0.29) is 5.82 Å². The third-order valence-electron chi connectivity index (χ3n) is 2.58. The molecule has 1 aromatic carbocycles. The SMILES string of the molecule is N#Cc1cc(-c2nc(-c3ccc(F)cc3)no2)c[nH]1. The molecule has 0 amide bonds. The smallest absolute Gasteiger partial charge is 0.259 e. The minimum atomic E-state index is -0.322. The van der Waals surface area contributed by atoms with Gasteiger partial charge < -0.3 is 9.51 Å². The van der Waals surface area contributed by atoms with Crippen molar-refractivity contribution in [3.63, 3.8) is 0 Å². The fraction of sp³-hybridized carbons (Fsp3) is 0. The summed E-state index contributed by atoms with van der Waals surface area (Å²) in [6.07, 6.45) is 1.61. The number of nitriles is 1. The van der Waals surface area contributed by atoms with Crippen LogP contribution < -0.4 is 0 Å². The highest BCUT2D eigenvalue weighted by molar-refractivity contribution is 5.60. The maximum atomic E-state index is 12.8. The van der Waals surface area contributed by atoms with Crippen LogP contribution in [0.25, 0.3) is 22.8 Å². The van der Waals surface area contributed by atoms with Crippen LogP contribution in [0.2, 0.25) is 0 Å². The largest absolute Gasteiger partial charge is 0.352 e. The van der Waals surface area contributed by atoms with Crippen LogP contribution in [0.4, 0.5) is 4.39 Å². The van der Waals surface area contributed by atoms with Gasteiger partial charge in [-0.05, 0) is 30.3 Å². The highest BCUT2D eigenvalue weighted by Crippen LogP contribution is 2.22. The number of benzene rings is 1. The van der Waals surface area contributed by atoms with E-state index in [0.717, 1.165) is 0 Å². The molecular weight excluding hydrogens is 247 g/mol. The predicted octanol–water partition coefficient (Wildman–Crippen LogP) is 2.74. The molecule has 19 heavy (non-hydrogen) atoms. The highest BCUT2D eigenvalue weighted by atomic mass is 19.1. The summed E-state index contributed by atoms with van der Waals surface area (Å²) in [5, 5.41) is 12.5. The Morgan fingerprint density at radius 1 is 1.21 bits per heavy atom. The van der Waals surface area contributed by atoms with Crippen LogP contribution in [0.3, 0.4) is 0 Å². The van der Waals surface area contributed by atoms with Gasteiger partial charge in [-0.25, -0.2) is 4.39 Å². The molecular formula is C13H7FN4O. The molecule has 2 aromatic heterocycles. The van der Waals surface area contributed by atoms with Crippen LogP contribution >= 0.6 is 0 Å². The van der Waals surface area contributed by atoms with Crippen molar-refractivity contribution in [1.29, 1.82) is 5.26 Å². The standard InChI is InChI=1S/C13H7FN4O/c14-10-3-1-8(2-4-10)12-17-13(19-18-12)9-5-11(6-15)16-7-9/h1-5,7,16H. The van der Waals surface area contributed by atoms with Gasteiger partial charge in [0.2, 0.25) is 5.82 Å². The summed E-state index contributed by atoms with van der Waals surface area (Å²) >= 11 is 0. The van der Waals surface area contributed by atoms with E-state index in [1.807, 2.05) is 6.07 Å². The van der Waals surface area contributed by atoms with E-state index in [0.29, 0.717) is 28.5 Å². The molecule has 0 aliphatic carbocycles. The van der Waals surface area contributed by atoms with Crippen molar-refractivity contribution in [1.82, 2.24) is 15.1 Å². The Bertz CT molecular complexity index is 752. The van der Waals surface area contributed by atoms with Crippen LogP contribution in [0.15, 0.2) is 41.1 Å². The van der Waals surface area contributed by atoms with E-state index in [9.17, 15) is 4.39 Å². The molecule has 92 valence electrons. The first-order valence-electron chi connectivity index (χ1n) is 5.45.